The van der Waals surface area contributed by atoms with E-state index in [1.165, 1.54) is 0 Å². The van der Waals surface area contributed by atoms with Gasteiger partial charge >= 0.3 is 0 Å². The van der Waals surface area contributed by atoms with Gasteiger partial charge in [0.15, 0.2) is 0 Å². The zero-order valence-electron chi connectivity index (χ0n) is 5.50. The van der Waals surface area contributed by atoms with E-state index < -0.39 is 0 Å². The van der Waals surface area contributed by atoms with E-state index in [4.69, 9.17) is 10.5 Å². The van der Waals surface area contributed by atoms with E-state index in [2.05, 4.69) is 0 Å². The Hall–Kier alpha value is -0.760. The lowest BCUT2D eigenvalue weighted by atomic mass is 10.2. The zero-order chi connectivity index (χ0) is 6.69. The van der Waals surface area contributed by atoms with Gasteiger partial charge in [-0.3, -0.25) is 0 Å². The molecule has 0 bridgehead atoms. The molecule has 0 radical (unpaired) electrons. The summed E-state index contributed by atoms with van der Waals surface area (Å²) in [5.41, 5.74) is 5.54. The molecular formula is C7H11NO. The van der Waals surface area contributed by atoms with Gasteiger partial charge in [0.2, 0.25) is 0 Å². The van der Waals surface area contributed by atoms with Crippen molar-refractivity contribution in [2.24, 2.45) is 5.73 Å². The summed E-state index contributed by atoms with van der Waals surface area (Å²) in [6, 6.07) is 0.0231. The van der Waals surface area contributed by atoms with Crippen molar-refractivity contribution < 1.29 is 4.74 Å². The quantitative estimate of drug-likeness (QED) is 0.562. The number of allylic oxidation sites excluding steroid dienone is 2. The molecule has 1 unspecified atom stereocenters. The van der Waals surface area contributed by atoms with E-state index in [0.29, 0.717) is 6.61 Å². The molecule has 0 aliphatic carbocycles. The molecule has 0 saturated heterocycles. The Labute approximate surface area is 55.0 Å². The number of rotatable bonds is 1. The first-order chi connectivity index (χ1) is 4.30. The van der Waals surface area contributed by atoms with Crippen LogP contribution in [0.2, 0.25) is 0 Å². The Morgan fingerprint density at radius 2 is 2.56 bits per heavy atom. The SMILES string of the molecule is CC(N)C1=CC=CCO1. The van der Waals surface area contributed by atoms with E-state index in [0.717, 1.165) is 5.76 Å². The summed E-state index contributed by atoms with van der Waals surface area (Å²) in [7, 11) is 0. The van der Waals surface area contributed by atoms with Crippen molar-refractivity contribution in [2.45, 2.75) is 13.0 Å². The van der Waals surface area contributed by atoms with E-state index in [1.54, 1.807) is 0 Å². The lowest BCUT2D eigenvalue weighted by Crippen LogP contribution is -2.20. The van der Waals surface area contributed by atoms with Gasteiger partial charge in [-0.25, -0.2) is 0 Å². The lowest BCUT2D eigenvalue weighted by Gasteiger charge is -2.13. The van der Waals surface area contributed by atoms with Crippen LogP contribution >= 0.6 is 0 Å². The molecule has 1 heterocycles. The smallest absolute Gasteiger partial charge is 0.113 e. The molecule has 0 amide bonds. The predicted octanol–water partition coefficient (Wildman–Crippen LogP) is 0.804. The van der Waals surface area contributed by atoms with Gasteiger partial charge in [-0.05, 0) is 19.1 Å². The molecule has 0 aromatic carbocycles. The van der Waals surface area contributed by atoms with Gasteiger partial charge in [0.05, 0.1) is 6.04 Å². The highest BCUT2D eigenvalue weighted by atomic mass is 16.5. The average molecular weight is 125 g/mol. The Morgan fingerprint density at radius 3 is 2.89 bits per heavy atom. The molecule has 0 fully saturated rings. The molecule has 2 heteroatoms. The van der Waals surface area contributed by atoms with Crippen molar-refractivity contribution in [3.05, 3.63) is 24.0 Å². The molecule has 1 atom stereocenters. The largest absolute Gasteiger partial charge is 0.492 e. The summed E-state index contributed by atoms with van der Waals surface area (Å²) in [6.45, 7) is 2.57. The van der Waals surface area contributed by atoms with Gasteiger partial charge in [-0.1, -0.05) is 6.08 Å². The standard InChI is InChI=1S/C7H11NO/c1-6(8)7-4-2-3-5-9-7/h2-4,6H,5,8H2,1H3. The van der Waals surface area contributed by atoms with Crippen molar-refractivity contribution in [3.63, 3.8) is 0 Å². The summed E-state index contributed by atoms with van der Waals surface area (Å²) in [6.07, 6.45) is 5.81. The number of ether oxygens (including phenoxy) is 1. The number of hydrogen-bond donors (Lipinski definition) is 1. The van der Waals surface area contributed by atoms with Crippen LogP contribution in [0.25, 0.3) is 0 Å². The maximum Gasteiger partial charge on any atom is 0.113 e. The van der Waals surface area contributed by atoms with Crippen LogP contribution in [0.5, 0.6) is 0 Å². The third-order valence-corrected chi connectivity index (χ3v) is 1.19. The summed E-state index contributed by atoms with van der Waals surface area (Å²) in [5, 5.41) is 0. The number of hydrogen-bond acceptors (Lipinski definition) is 2. The molecule has 9 heavy (non-hydrogen) atoms. The fourth-order valence-electron chi connectivity index (χ4n) is 0.694. The van der Waals surface area contributed by atoms with Crippen LogP contribution in [0.4, 0.5) is 0 Å². The van der Waals surface area contributed by atoms with Crippen molar-refractivity contribution in [1.82, 2.24) is 0 Å². The van der Waals surface area contributed by atoms with Gasteiger partial charge < -0.3 is 10.5 Å². The fraction of sp³-hybridized carbons (Fsp3) is 0.429. The van der Waals surface area contributed by atoms with Crippen molar-refractivity contribution in [3.8, 4) is 0 Å². The summed E-state index contributed by atoms with van der Waals surface area (Å²) >= 11 is 0. The van der Waals surface area contributed by atoms with Crippen LogP contribution in [0.3, 0.4) is 0 Å². The van der Waals surface area contributed by atoms with Crippen LogP contribution in [0.1, 0.15) is 6.92 Å². The van der Waals surface area contributed by atoms with Gasteiger partial charge in [-0.15, -0.1) is 0 Å². The minimum atomic E-state index is 0.0231. The van der Waals surface area contributed by atoms with Crippen molar-refractivity contribution >= 4 is 0 Å². The molecule has 0 aromatic heterocycles. The van der Waals surface area contributed by atoms with Gasteiger partial charge in [0.1, 0.15) is 12.4 Å². The molecule has 2 nitrogen and oxygen atoms in total. The first-order valence-electron chi connectivity index (χ1n) is 3.06. The van der Waals surface area contributed by atoms with Crippen LogP contribution in [-0.2, 0) is 4.74 Å². The Morgan fingerprint density at radius 1 is 1.78 bits per heavy atom. The maximum atomic E-state index is 5.54. The predicted molar refractivity (Wildman–Crippen MR) is 36.8 cm³/mol. The normalized spacial score (nSPS) is 20.4. The second-order valence-electron chi connectivity index (χ2n) is 2.10. The van der Waals surface area contributed by atoms with Gasteiger partial charge in [0.25, 0.3) is 0 Å². The molecule has 0 aromatic rings. The summed E-state index contributed by atoms with van der Waals surface area (Å²) in [4.78, 5) is 0. The Kier molecular flexibility index (Phi) is 1.90. The first-order valence-corrected chi connectivity index (χ1v) is 3.06. The van der Waals surface area contributed by atoms with Crippen molar-refractivity contribution in [2.75, 3.05) is 6.61 Å². The molecule has 1 rings (SSSR count). The molecule has 50 valence electrons. The molecule has 1 aliphatic rings. The minimum Gasteiger partial charge on any atom is -0.492 e. The second-order valence-corrected chi connectivity index (χ2v) is 2.10. The number of nitrogens with two attached hydrogens (primary N) is 1. The summed E-state index contributed by atoms with van der Waals surface area (Å²) < 4.78 is 5.19. The highest BCUT2D eigenvalue weighted by Gasteiger charge is 2.03. The second kappa shape index (κ2) is 2.69. The van der Waals surface area contributed by atoms with Crippen LogP contribution in [-0.4, -0.2) is 12.6 Å². The van der Waals surface area contributed by atoms with Crippen LogP contribution < -0.4 is 5.73 Å². The van der Waals surface area contributed by atoms with Gasteiger partial charge in [-0.2, -0.15) is 0 Å². The third-order valence-electron chi connectivity index (χ3n) is 1.19. The van der Waals surface area contributed by atoms with E-state index in [9.17, 15) is 0 Å². The van der Waals surface area contributed by atoms with Crippen LogP contribution in [0, 0.1) is 0 Å². The van der Waals surface area contributed by atoms with Gasteiger partial charge in [0, 0.05) is 0 Å². The van der Waals surface area contributed by atoms with E-state index in [-0.39, 0.29) is 6.04 Å². The maximum absolute atomic E-state index is 5.54. The molecule has 2 N–H and O–H groups in total. The highest BCUT2D eigenvalue weighted by Crippen LogP contribution is 2.05. The zero-order valence-corrected chi connectivity index (χ0v) is 5.50. The van der Waals surface area contributed by atoms with E-state index >= 15 is 0 Å². The molecular weight excluding hydrogens is 114 g/mol. The van der Waals surface area contributed by atoms with Crippen LogP contribution in [0.15, 0.2) is 24.0 Å². The fourth-order valence-corrected chi connectivity index (χ4v) is 0.694. The highest BCUT2D eigenvalue weighted by molar-refractivity contribution is 5.14. The first kappa shape index (κ1) is 6.36. The Bertz CT molecular complexity index is 147. The molecule has 1 aliphatic heterocycles. The molecule has 0 saturated carbocycles. The average Bonchev–Trinajstić information content (AvgIpc) is 1.90. The lowest BCUT2D eigenvalue weighted by molar-refractivity contribution is 0.225. The molecule has 0 spiro atoms. The van der Waals surface area contributed by atoms with E-state index in [1.807, 2.05) is 25.2 Å². The monoisotopic (exact) mass is 125 g/mol. The topological polar surface area (TPSA) is 35.2 Å². The minimum absolute atomic E-state index is 0.0231. The van der Waals surface area contributed by atoms with Crippen molar-refractivity contribution in [1.29, 1.82) is 0 Å². The summed E-state index contributed by atoms with van der Waals surface area (Å²) in [5.74, 6) is 0.873. The Balaban J connectivity index is 2.57. The third kappa shape index (κ3) is 1.57.